The Kier molecular flexibility index (Phi) is 4.01. The van der Waals surface area contributed by atoms with Gasteiger partial charge in [0.2, 0.25) is 5.91 Å². The number of nitrogens with zero attached hydrogens (tertiary/aromatic N) is 1. The lowest BCUT2D eigenvalue weighted by atomic mass is 9.77. The van der Waals surface area contributed by atoms with Crippen LogP contribution in [0.2, 0.25) is 0 Å². The number of hydrogen-bond donors (Lipinski definition) is 2. The lowest BCUT2D eigenvalue weighted by Gasteiger charge is -2.33. The van der Waals surface area contributed by atoms with Gasteiger partial charge in [0.05, 0.1) is 0 Å². The van der Waals surface area contributed by atoms with Crippen LogP contribution in [0, 0.1) is 5.92 Å². The van der Waals surface area contributed by atoms with Gasteiger partial charge in [0.15, 0.2) is 0 Å². The van der Waals surface area contributed by atoms with E-state index in [1.54, 1.807) is 0 Å². The highest BCUT2D eigenvalue weighted by atomic mass is 16.2. The van der Waals surface area contributed by atoms with Crippen molar-refractivity contribution in [2.45, 2.75) is 58.0 Å². The van der Waals surface area contributed by atoms with Crippen LogP contribution in [0.4, 0.5) is 4.79 Å². The number of amides is 4. The van der Waals surface area contributed by atoms with Crippen LogP contribution < -0.4 is 10.6 Å². The molecule has 0 aromatic rings. The lowest BCUT2D eigenvalue weighted by molar-refractivity contribution is -0.136. The Hall–Kier alpha value is -1.59. The molecule has 2 fully saturated rings. The average Bonchev–Trinajstić information content (AvgIpc) is 2.57. The lowest BCUT2D eigenvalue weighted by Crippen LogP contribution is -2.50. The molecule has 1 spiro atoms. The number of rotatable bonds is 3. The van der Waals surface area contributed by atoms with Gasteiger partial charge in [-0.15, -0.1) is 0 Å². The van der Waals surface area contributed by atoms with E-state index in [1.165, 1.54) is 0 Å². The van der Waals surface area contributed by atoms with Gasteiger partial charge in [0, 0.05) is 6.04 Å². The summed E-state index contributed by atoms with van der Waals surface area (Å²) in [6, 6.07) is -0.448. The van der Waals surface area contributed by atoms with Crippen LogP contribution in [-0.4, -0.2) is 40.9 Å². The summed E-state index contributed by atoms with van der Waals surface area (Å²) in [5, 5.41) is 5.50. The van der Waals surface area contributed by atoms with Crippen molar-refractivity contribution in [1.82, 2.24) is 15.5 Å². The van der Waals surface area contributed by atoms with Crippen LogP contribution >= 0.6 is 0 Å². The van der Waals surface area contributed by atoms with Crippen molar-refractivity contribution in [2.24, 2.45) is 5.92 Å². The van der Waals surface area contributed by atoms with Gasteiger partial charge in [-0.3, -0.25) is 14.5 Å². The maximum atomic E-state index is 12.5. The van der Waals surface area contributed by atoms with Crippen molar-refractivity contribution in [1.29, 1.82) is 0 Å². The third kappa shape index (κ3) is 2.78. The zero-order valence-electron chi connectivity index (χ0n) is 12.4. The molecule has 1 aliphatic carbocycles. The van der Waals surface area contributed by atoms with Crippen molar-refractivity contribution in [3.63, 3.8) is 0 Å². The highest BCUT2D eigenvalue weighted by Gasteiger charge is 2.52. The molecule has 112 valence electrons. The molecule has 6 heteroatoms. The average molecular weight is 281 g/mol. The second-order valence-electron chi connectivity index (χ2n) is 6.31. The monoisotopic (exact) mass is 281 g/mol. The van der Waals surface area contributed by atoms with Crippen LogP contribution in [0.25, 0.3) is 0 Å². The minimum Gasteiger partial charge on any atom is -0.352 e. The van der Waals surface area contributed by atoms with Gasteiger partial charge >= 0.3 is 6.03 Å². The van der Waals surface area contributed by atoms with Gasteiger partial charge in [0.1, 0.15) is 12.1 Å². The van der Waals surface area contributed by atoms with Gasteiger partial charge in [-0.05, 0) is 45.4 Å². The number of carbonyl (C=O) groups excluding carboxylic acids is 3. The maximum absolute atomic E-state index is 12.5. The Morgan fingerprint density at radius 2 is 2.00 bits per heavy atom. The van der Waals surface area contributed by atoms with Crippen LogP contribution in [-0.2, 0) is 9.59 Å². The first kappa shape index (κ1) is 14.8. The molecule has 6 nitrogen and oxygen atoms in total. The molecule has 0 aromatic heterocycles. The standard InChI is InChI=1S/C14H23N3O3/c1-9(2)15-11(18)8-17-12(19)14(16-13(17)20)6-4-10(3)5-7-14/h9-10H,4-8H2,1-3H3,(H,15,18)(H,16,20). The van der Waals surface area contributed by atoms with Crippen LogP contribution in [0.1, 0.15) is 46.5 Å². The fourth-order valence-corrected chi connectivity index (χ4v) is 2.92. The SMILES string of the molecule is CC1CCC2(CC1)NC(=O)N(CC(=O)NC(C)C)C2=O. The number of nitrogens with one attached hydrogen (secondary N) is 2. The predicted molar refractivity (Wildman–Crippen MR) is 73.9 cm³/mol. The van der Waals surface area contributed by atoms with Gasteiger partial charge in [-0.1, -0.05) is 6.92 Å². The quantitative estimate of drug-likeness (QED) is 0.758. The maximum Gasteiger partial charge on any atom is 0.325 e. The van der Waals surface area contributed by atoms with Gasteiger partial charge < -0.3 is 10.6 Å². The summed E-state index contributed by atoms with van der Waals surface area (Å²) < 4.78 is 0. The van der Waals surface area contributed by atoms with E-state index in [-0.39, 0.29) is 24.4 Å². The van der Waals surface area contributed by atoms with Gasteiger partial charge in [-0.2, -0.15) is 0 Å². The summed E-state index contributed by atoms with van der Waals surface area (Å²) in [4.78, 5) is 37.2. The Bertz CT molecular complexity index is 425. The largest absolute Gasteiger partial charge is 0.352 e. The number of hydrogen-bond acceptors (Lipinski definition) is 3. The summed E-state index contributed by atoms with van der Waals surface area (Å²) in [6.07, 6.45) is 3.19. The summed E-state index contributed by atoms with van der Waals surface area (Å²) in [7, 11) is 0. The van der Waals surface area contributed by atoms with Crippen LogP contribution in [0.5, 0.6) is 0 Å². The second kappa shape index (κ2) is 5.42. The molecular weight excluding hydrogens is 258 g/mol. The third-order valence-corrected chi connectivity index (χ3v) is 4.13. The molecule has 2 rings (SSSR count). The van der Waals surface area contributed by atoms with E-state index in [0.29, 0.717) is 18.8 Å². The summed E-state index contributed by atoms with van der Waals surface area (Å²) in [5.74, 6) is 0.0432. The van der Waals surface area contributed by atoms with E-state index in [9.17, 15) is 14.4 Å². The molecule has 20 heavy (non-hydrogen) atoms. The first-order valence-electron chi connectivity index (χ1n) is 7.27. The van der Waals surface area contributed by atoms with E-state index in [2.05, 4.69) is 17.6 Å². The van der Waals surface area contributed by atoms with Crippen molar-refractivity contribution >= 4 is 17.8 Å². The minimum absolute atomic E-state index is 0.00671. The van der Waals surface area contributed by atoms with Crippen molar-refractivity contribution in [2.75, 3.05) is 6.54 Å². The molecule has 0 atom stereocenters. The first-order valence-corrected chi connectivity index (χ1v) is 7.27. The highest BCUT2D eigenvalue weighted by molar-refractivity contribution is 6.09. The molecule has 0 aromatic carbocycles. The molecule has 0 radical (unpaired) electrons. The minimum atomic E-state index is -0.762. The topological polar surface area (TPSA) is 78.5 Å². The van der Waals surface area contributed by atoms with Crippen molar-refractivity contribution in [3.8, 4) is 0 Å². The molecule has 2 aliphatic rings. The summed E-state index contributed by atoms with van der Waals surface area (Å²) >= 11 is 0. The number of imide groups is 1. The second-order valence-corrected chi connectivity index (χ2v) is 6.31. The van der Waals surface area contributed by atoms with E-state index in [1.807, 2.05) is 13.8 Å². The smallest absolute Gasteiger partial charge is 0.325 e. The summed E-state index contributed by atoms with van der Waals surface area (Å²) in [5.41, 5.74) is -0.762. The van der Waals surface area contributed by atoms with Gasteiger partial charge in [-0.25, -0.2) is 4.79 Å². The zero-order valence-corrected chi connectivity index (χ0v) is 12.4. The molecule has 1 heterocycles. The van der Waals surface area contributed by atoms with E-state index in [0.717, 1.165) is 17.7 Å². The van der Waals surface area contributed by atoms with Crippen molar-refractivity contribution < 1.29 is 14.4 Å². The Balaban J connectivity index is 2.04. The molecule has 4 amide bonds. The molecule has 1 saturated carbocycles. The summed E-state index contributed by atoms with van der Waals surface area (Å²) in [6.45, 7) is 5.64. The Labute approximate surface area is 119 Å². The fourth-order valence-electron chi connectivity index (χ4n) is 2.92. The molecule has 0 bridgehead atoms. The number of carbonyl (C=O) groups is 3. The van der Waals surface area contributed by atoms with E-state index < -0.39 is 11.6 Å². The van der Waals surface area contributed by atoms with Crippen LogP contribution in [0.3, 0.4) is 0 Å². The molecule has 1 saturated heterocycles. The van der Waals surface area contributed by atoms with Crippen molar-refractivity contribution in [3.05, 3.63) is 0 Å². The van der Waals surface area contributed by atoms with E-state index in [4.69, 9.17) is 0 Å². The fraction of sp³-hybridized carbons (Fsp3) is 0.786. The molecular formula is C14H23N3O3. The van der Waals surface area contributed by atoms with Crippen LogP contribution in [0.15, 0.2) is 0 Å². The molecule has 0 unspecified atom stereocenters. The third-order valence-electron chi connectivity index (χ3n) is 4.13. The van der Waals surface area contributed by atoms with Gasteiger partial charge in [0.25, 0.3) is 5.91 Å². The van der Waals surface area contributed by atoms with E-state index >= 15 is 0 Å². The Morgan fingerprint density at radius 3 is 2.55 bits per heavy atom. The molecule has 1 aliphatic heterocycles. The predicted octanol–water partition coefficient (Wildman–Crippen LogP) is 1.01. The molecule has 2 N–H and O–H groups in total. The normalized spacial score (nSPS) is 30.0. The first-order chi connectivity index (χ1) is 9.34. The number of urea groups is 1. The Morgan fingerprint density at radius 1 is 1.40 bits per heavy atom. The highest BCUT2D eigenvalue weighted by Crippen LogP contribution is 2.36. The zero-order chi connectivity index (χ0) is 14.9.